The normalized spacial score (nSPS) is 12.2. The van der Waals surface area contributed by atoms with Crippen LogP contribution in [-0.4, -0.2) is 28.8 Å². The van der Waals surface area contributed by atoms with E-state index in [9.17, 15) is 4.39 Å². The van der Waals surface area contributed by atoms with Crippen LogP contribution in [0.5, 0.6) is 5.75 Å². The average molecular weight is 263 g/mol. The summed E-state index contributed by atoms with van der Waals surface area (Å²) < 4.78 is 18.5. The van der Waals surface area contributed by atoms with Gasteiger partial charge in [0.25, 0.3) is 0 Å². The zero-order valence-corrected chi connectivity index (χ0v) is 10.4. The number of hydrogen-bond donors (Lipinski definition) is 2. The van der Waals surface area contributed by atoms with Crippen molar-refractivity contribution in [1.82, 2.24) is 9.97 Å². The first-order valence-electron chi connectivity index (χ1n) is 5.69. The molecule has 1 aromatic carbocycles. The minimum absolute atomic E-state index is 0.260. The maximum Gasteiger partial charge on any atom is 0.147 e. The summed E-state index contributed by atoms with van der Waals surface area (Å²) in [5.74, 6) is 0.414. The first kappa shape index (κ1) is 13.4. The van der Waals surface area contributed by atoms with Crippen molar-refractivity contribution < 1.29 is 14.2 Å². The smallest absolute Gasteiger partial charge is 0.147 e. The van der Waals surface area contributed by atoms with Gasteiger partial charge in [-0.25, -0.2) is 14.4 Å². The van der Waals surface area contributed by atoms with Gasteiger partial charge in [0.1, 0.15) is 17.4 Å². The van der Waals surface area contributed by atoms with Crippen molar-refractivity contribution in [3.05, 3.63) is 42.1 Å². The standard InChI is InChI=1S/C13H14FN3O2/c1-19-12-3-2-8(14)6-9(12)11-4-5-16-13(17-11)10(15)7-18/h2-6,10,18H,7,15H2,1H3. The van der Waals surface area contributed by atoms with Gasteiger partial charge in [-0.05, 0) is 24.3 Å². The van der Waals surface area contributed by atoms with Crippen LogP contribution in [0.15, 0.2) is 30.5 Å². The minimum atomic E-state index is -0.667. The quantitative estimate of drug-likeness (QED) is 0.868. The second kappa shape index (κ2) is 5.73. The molecule has 2 aromatic rings. The summed E-state index contributed by atoms with van der Waals surface area (Å²) in [6, 6.07) is 5.13. The van der Waals surface area contributed by atoms with Crippen LogP contribution in [0.4, 0.5) is 4.39 Å². The van der Waals surface area contributed by atoms with Crippen LogP contribution in [-0.2, 0) is 0 Å². The number of nitrogens with two attached hydrogens (primary N) is 1. The Morgan fingerprint density at radius 2 is 2.21 bits per heavy atom. The maximum atomic E-state index is 13.3. The SMILES string of the molecule is COc1ccc(F)cc1-c1ccnc(C(N)CO)n1. The second-order valence-corrected chi connectivity index (χ2v) is 3.93. The molecule has 0 spiro atoms. The molecule has 0 saturated heterocycles. The van der Waals surface area contributed by atoms with Gasteiger partial charge < -0.3 is 15.6 Å². The van der Waals surface area contributed by atoms with Crippen LogP contribution in [0.2, 0.25) is 0 Å². The van der Waals surface area contributed by atoms with Crippen LogP contribution in [0, 0.1) is 5.82 Å². The Morgan fingerprint density at radius 1 is 1.42 bits per heavy atom. The van der Waals surface area contributed by atoms with Gasteiger partial charge in [-0.1, -0.05) is 0 Å². The molecule has 2 rings (SSSR count). The van der Waals surface area contributed by atoms with Crippen molar-refractivity contribution in [2.24, 2.45) is 5.73 Å². The number of methoxy groups -OCH3 is 1. The van der Waals surface area contributed by atoms with E-state index in [2.05, 4.69) is 9.97 Å². The van der Waals surface area contributed by atoms with E-state index in [1.54, 1.807) is 6.07 Å². The van der Waals surface area contributed by atoms with Crippen LogP contribution in [0.3, 0.4) is 0 Å². The van der Waals surface area contributed by atoms with Crippen molar-refractivity contribution in [3.8, 4) is 17.0 Å². The number of aromatic nitrogens is 2. The summed E-state index contributed by atoms with van der Waals surface area (Å²) >= 11 is 0. The maximum absolute atomic E-state index is 13.3. The van der Waals surface area contributed by atoms with E-state index >= 15 is 0 Å². The number of benzene rings is 1. The molecule has 100 valence electrons. The van der Waals surface area contributed by atoms with Gasteiger partial charge in [-0.15, -0.1) is 0 Å². The van der Waals surface area contributed by atoms with E-state index in [-0.39, 0.29) is 12.4 Å². The predicted molar refractivity (Wildman–Crippen MR) is 68.0 cm³/mol. The molecule has 5 nitrogen and oxygen atoms in total. The van der Waals surface area contributed by atoms with Gasteiger partial charge in [0.2, 0.25) is 0 Å². The highest BCUT2D eigenvalue weighted by Gasteiger charge is 2.12. The van der Waals surface area contributed by atoms with Crippen LogP contribution < -0.4 is 10.5 Å². The zero-order chi connectivity index (χ0) is 13.8. The number of rotatable bonds is 4. The number of hydrogen-bond acceptors (Lipinski definition) is 5. The molecule has 0 aliphatic heterocycles. The van der Waals surface area contributed by atoms with E-state index in [0.29, 0.717) is 22.8 Å². The lowest BCUT2D eigenvalue weighted by molar-refractivity contribution is 0.263. The van der Waals surface area contributed by atoms with Crippen LogP contribution >= 0.6 is 0 Å². The average Bonchev–Trinajstić information content (AvgIpc) is 2.46. The summed E-state index contributed by atoms with van der Waals surface area (Å²) in [7, 11) is 1.50. The first-order valence-corrected chi connectivity index (χ1v) is 5.69. The van der Waals surface area contributed by atoms with Gasteiger partial charge in [0.05, 0.1) is 25.5 Å². The summed E-state index contributed by atoms with van der Waals surface area (Å²) in [6.45, 7) is -0.260. The van der Waals surface area contributed by atoms with Gasteiger partial charge in [-0.2, -0.15) is 0 Å². The fourth-order valence-corrected chi connectivity index (χ4v) is 1.66. The fourth-order valence-electron chi connectivity index (χ4n) is 1.66. The number of ether oxygens (including phenoxy) is 1. The Bertz CT molecular complexity index is 578. The van der Waals surface area contributed by atoms with E-state index in [1.165, 1.54) is 31.5 Å². The van der Waals surface area contributed by atoms with E-state index < -0.39 is 6.04 Å². The van der Waals surface area contributed by atoms with Gasteiger partial charge in [0, 0.05) is 11.8 Å². The number of nitrogens with zero attached hydrogens (tertiary/aromatic N) is 2. The van der Waals surface area contributed by atoms with Crippen molar-refractivity contribution in [2.45, 2.75) is 6.04 Å². The highest BCUT2D eigenvalue weighted by Crippen LogP contribution is 2.29. The Labute approximate surface area is 109 Å². The molecule has 3 N–H and O–H groups in total. The molecule has 0 bridgehead atoms. The Hall–Kier alpha value is -2.05. The lowest BCUT2D eigenvalue weighted by atomic mass is 10.1. The first-order chi connectivity index (χ1) is 9.15. The molecular weight excluding hydrogens is 249 g/mol. The van der Waals surface area contributed by atoms with Crippen molar-refractivity contribution in [1.29, 1.82) is 0 Å². The lowest BCUT2D eigenvalue weighted by Gasteiger charge is -2.11. The van der Waals surface area contributed by atoms with Crippen molar-refractivity contribution in [2.75, 3.05) is 13.7 Å². The van der Waals surface area contributed by atoms with E-state index in [4.69, 9.17) is 15.6 Å². The Morgan fingerprint density at radius 3 is 2.89 bits per heavy atom. The minimum Gasteiger partial charge on any atom is -0.496 e. The Balaban J connectivity index is 2.49. The van der Waals surface area contributed by atoms with Gasteiger partial charge in [-0.3, -0.25) is 0 Å². The molecule has 0 amide bonds. The summed E-state index contributed by atoms with van der Waals surface area (Å²) in [6.07, 6.45) is 1.51. The van der Waals surface area contributed by atoms with E-state index in [1.807, 2.05) is 0 Å². The fraction of sp³-hybridized carbons (Fsp3) is 0.231. The highest BCUT2D eigenvalue weighted by atomic mass is 19.1. The third kappa shape index (κ3) is 2.86. The summed E-state index contributed by atoms with van der Waals surface area (Å²) in [5, 5.41) is 9.00. The summed E-state index contributed by atoms with van der Waals surface area (Å²) in [4.78, 5) is 8.20. The third-order valence-electron chi connectivity index (χ3n) is 2.64. The lowest BCUT2D eigenvalue weighted by Crippen LogP contribution is -2.17. The number of aliphatic hydroxyl groups is 1. The molecule has 0 saturated carbocycles. The molecule has 1 aromatic heterocycles. The van der Waals surface area contributed by atoms with Crippen LogP contribution in [0.1, 0.15) is 11.9 Å². The molecule has 0 aliphatic rings. The molecule has 19 heavy (non-hydrogen) atoms. The Kier molecular flexibility index (Phi) is 4.03. The van der Waals surface area contributed by atoms with Crippen molar-refractivity contribution in [3.63, 3.8) is 0 Å². The number of halogens is 1. The molecule has 1 atom stereocenters. The second-order valence-electron chi connectivity index (χ2n) is 3.93. The summed E-state index contributed by atoms with van der Waals surface area (Å²) in [5.41, 5.74) is 6.66. The van der Waals surface area contributed by atoms with Gasteiger partial charge in [0.15, 0.2) is 0 Å². The zero-order valence-electron chi connectivity index (χ0n) is 10.4. The monoisotopic (exact) mass is 263 g/mol. The van der Waals surface area contributed by atoms with E-state index in [0.717, 1.165) is 0 Å². The van der Waals surface area contributed by atoms with Crippen molar-refractivity contribution >= 4 is 0 Å². The topological polar surface area (TPSA) is 81.3 Å². The largest absolute Gasteiger partial charge is 0.496 e. The third-order valence-corrected chi connectivity index (χ3v) is 2.64. The highest BCUT2D eigenvalue weighted by molar-refractivity contribution is 5.66. The molecule has 0 radical (unpaired) electrons. The van der Waals surface area contributed by atoms with Gasteiger partial charge >= 0.3 is 0 Å². The predicted octanol–water partition coefficient (Wildman–Crippen LogP) is 1.28. The molecule has 6 heteroatoms. The molecule has 0 fully saturated rings. The molecular formula is C13H14FN3O2. The molecule has 0 aliphatic carbocycles. The molecule has 1 heterocycles. The van der Waals surface area contributed by atoms with Crippen LogP contribution in [0.25, 0.3) is 11.3 Å². The molecule has 1 unspecified atom stereocenters. The number of aliphatic hydroxyl groups excluding tert-OH is 1.